The zero-order valence-corrected chi connectivity index (χ0v) is 14.5. The van der Waals surface area contributed by atoms with Crippen LogP contribution in [0.1, 0.15) is 12.5 Å². The van der Waals surface area contributed by atoms with Crippen LogP contribution in [0.2, 0.25) is 0 Å². The molecule has 5 nitrogen and oxygen atoms in total. The molecule has 1 fully saturated rings. The lowest BCUT2D eigenvalue weighted by atomic mass is 10.2. The Morgan fingerprint density at radius 3 is 2.36 bits per heavy atom. The van der Waals surface area contributed by atoms with E-state index in [4.69, 9.17) is 4.74 Å². The Morgan fingerprint density at radius 2 is 1.82 bits per heavy atom. The van der Waals surface area contributed by atoms with Crippen molar-refractivity contribution >= 4 is 30.8 Å². The molecule has 0 bridgehead atoms. The maximum atomic E-state index is 11.3. The maximum Gasteiger partial charge on any atom is 0.346 e. The summed E-state index contributed by atoms with van der Waals surface area (Å²) in [5, 5.41) is 3.34. The highest BCUT2D eigenvalue weighted by Crippen LogP contribution is 2.15. The normalized spacial score (nSPS) is 15.9. The fraction of sp³-hybridized carbons (Fsp3) is 0.533. The minimum absolute atomic E-state index is 0. The highest BCUT2D eigenvalue weighted by molar-refractivity contribution is 5.85. The maximum absolute atomic E-state index is 11.3. The van der Waals surface area contributed by atoms with Crippen LogP contribution < -0.4 is 10.1 Å². The van der Waals surface area contributed by atoms with Crippen LogP contribution in [0.15, 0.2) is 24.3 Å². The van der Waals surface area contributed by atoms with Gasteiger partial charge in [-0.2, -0.15) is 0 Å². The quantitative estimate of drug-likeness (QED) is 0.821. The molecule has 1 atom stereocenters. The molecule has 0 amide bonds. The SMILES string of the molecule is COC(=O)C(C)Oc1ccc(CN2CCNCC2)cc1.Cl.Cl. The van der Waals surface area contributed by atoms with Crippen molar-refractivity contribution in [3.8, 4) is 5.75 Å². The average Bonchev–Trinajstić information content (AvgIpc) is 2.49. The third kappa shape index (κ3) is 6.40. The third-order valence-corrected chi connectivity index (χ3v) is 3.39. The van der Waals surface area contributed by atoms with Gasteiger partial charge in [-0.1, -0.05) is 12.1 Å². The van der Waals surface area contributed by atoms with E-state index in [1.807, 2.05) is 24.3 Å². The Hall–Kier alpha value is -1.01. The molecule has 0 saturated carbocycles. The molecule has 22 heavy (non-hydrogen) atoms. The van der Waals surface area contributed by atoms with Crippen molar-refractivity contribution in [2.24, 2.45) is 0 Å². The van der Waals surface area contributed by atoms with Crippen molar-refractivity contribution in [2.75, 3.05) is 33.3 Å². The number of ether oxygens (including phenoxy) is 2. The zero-order valence-electron chi connectivity index (χ0n) is 12.9. The minimum Gasteiger partial charge on any atom is -0.479 e. The smallest absolute Gasteiger partial charge is 0.346 e. The van der Waals surface area contributed by atoms with Crippen LogP contribution in [-0.4, -0.2) is 50.3 Å². The van der Waals surface area contributed by atoms with E-state index in [0.717, 1.165) is 32.7 Å². The number of nitrogens with zero attached hydrogens (tertiary/aromatic N) is 1. The predicted octanol–water partition coefficient (Wildman–Crippen LogP) is 1.88. The van der Waals surface area contributed by atoms with Gasteiger partial charge in [0, 0.05) is 32.7 Å². The van der Waals surface area contributed by atoms with Crippen LogP contribution >= 0.6 is 24.8 Å². The summed E-state index contributed by atoms with van der Waals surface area (Å²) >= 11 is 0. The summed E-state index contributed by atoms with van der Waals surface area (Å²) in [5.74, 6) is 0.321. The van der Waals surface area contributed by atoms with Gasteiger partial charge in [0.1, 0.15) is 5.75 Å². The summed E-state index contributed by atoms with van der Waals surface area (Å²) in [6, 6.07) is 7.89. The molecule has 2 rings (SSSR count). The van der Waals surface area contributed by atoms with Crippen LogP contribution in [0.5, 0.6) is 5.75 Å². The van der Waals surface area contributed by atoms with Gasteiger partial charge in [0.2, 0.25) is 0 Å². The second-order valence-corrected chi connectivity index (χ2v) is 4.95. The molecule has 1 heterocycles. The van der Waals surface area contributed by atoms with Gasteiger partial charge >= 0.3 is 5.97 Å². The molecule has 0 aromatic heterocycles. The Balaban J connectivity index is 0.00000220. The van der Waals surface area contributed by atoms with Crippen molar-refractivity contribution in [2.45, 2.75) is 19.6 Å². The molecule has 1 aliphatic heterocycles. The summed E-state index contributed by atoms with van der Waals surface area (Å²) in [7, 11) is 1.36. The lowest BCUT2D eigenvalue weighted by Gasteiger charge is -2.27. The first-order valence-electron chi connectivity index (χ1n) is 6.95. The number of carbonyl (C=O) groups excluding carboxylic acids is 1. The first kappa shape index (κ1) is 21.0. The first-order chi connectivity index (χ1) is 9.69. The van der Waals surface area contributed by atoms with Gasteiger partial charge in [-0.05, 0) is 24.6 Å². The van der Waals surface area contributed by atoms with E-state index in [9.17, 15) is 4.79 Å². The molecule has 0 radical (unpaired) electrons. The standard InChI is InChI=1S/C15H22N2O3.2ClH/c1-12(15(18)19-2)20-14-5-3-13(4-6-14)11-17-9-7-16-8-10-17;;/h3-6,12,16H,7-11H2,1-2H3;2*1H. The molecule has 1 N–H and O–H groups in total. The van der Waals surface area contributed by atoms with Gasteiger partial charge in [-0.15, -0.1) is 24.8 Å². The van der Waals surface area contributed by atoms with E-state index in [1.54, 1.807) is 6.92 Å². The van der Waals surface area contributed by atoms with Crippen molar-refractivity contribution in [1.29, 1.82) is 0 Å². The Labute approximate surface area is 144 Å². The molecule has 1 aromatic rings. The molecule has 126 valence electrons. The van der Waals surface area contributed by atoms with Gasteiger partial charge in [0.05, 0.1) is 7.11 Å². The molecule has 0 spiro atoms. The van der Waals surface area contributed by atoms with Crippen LogP contribution in [0.3, 0.4) is 0 Å². The van der Waals surface area contributed by atoms with E-state index in [2.05, 4.69) is 15.0 Å². The second-order valence-electron chi connectivity index (χ2n) is 4.95. The van der Waals surface area contributed by atoms with E-state index in [-0.39, 0.29) is 30.8 Å². The number of halogens is 2. The van der Waals surface area contributed by atoms with Crippen molar-refractivity contribution in [3.63, 3.8) is 0 Å². The lowest BCUT2D eigenvalue weighted by molar-refractivity contribution is -0.147. The van der Waals surface area contributed by atoms with Crippen molar-refractivity contribution in [3.05, 3.63) is 29.8 Å². The van der Waals surface area contributed by atoms with Gasteiger partial charge < -0.3 is 14.8 Å². The molecule has 1 aromatic carbocycles. The second kappa shape index (κ2) is 10.7. The topological polar surface area (TPSA) is 50.8 Å². The van der Waals surface area contributed by atoms with Crippen LogP contribution in [0, 0.1) is 0 Å². The summed E-state index contributed by atoms with van der Waals surface area (Å²) in [4.78, 5) is 13.7. The van der Waals surface area contributed by atoms with Gasteiger partial charge in [0.15, 0.2) is 6.10 Å². The van der Waals surface area contributed by atoms with Crippen LogP contribution in [0.4, 0.5) is 0 Å². The monoisotopic (exact) mass is 350 g/mol. The first-order valence-corrected chi connectivity index (χ1v) is 6.95. The van der Waals surface area contributed by atoms with Crippen LogP contribution in [-0.2, 0) is 16.1 Å². The number of benzene rings is 1. The van der Waals surface area contributed by atoms with Crippen molar-refractivity contribution < 1.29 is 14.3 Å². The number of carbonyl (C=O) groups is 1. The molecule has 0 aliphatic carbocycles. The number of hydrogen-bond acceptors (Lipinski definition) is 5. The predicted molar refractivity (Wildman–Crippen MR) is 91.2 cm³/mol. The Morgan fingerprint density at radius 1 is 1.23 bits per heavy atom. The minimum atomic E-state index is -0.584. The third-order valence-electron chi connectivity index (χ3n) is 3.39. The number of esters is 1. The average molecular weight is 351 g/mol. The molecular weight excluding hydrogens is 327 g/mol. The van der Waals surface area contributed by atoms with E-state index >= 15 is 0 Å². The summed E-state index contributed by atoms with van der Waals surface area (Å²) in [6.45, 7) is 6.90. The van der Waals surface area contributed by atoms with Gasteiger partial charge in [-0.3, -0.25) is 4.90 Å². The lowest BCUT2D eigenvalue weighted by Crippen LogP contribution is -2.42. The number of rotatable bonds is 5. The fourth-order valence-electron chi connectivity index (χ4n) is 2.22. The molecule has 1 unspecified atom stereocenters. The largest absolute Gasteiger partial charge is 0.479 e. The summed E-state index contributed by atoms with van der Waals surface area (Å²) in [6.07, 6.45) is -0.584. The van der Waals surface area contributed by atoms with Gasteiger partial charge in [0.25, 0.3) is 0 Å². The van der Waals surface area contributed by atoms with Crippen molar-refractivity contribution in [1.82, 2.24) is 10.2 Å². The van der Waals surface area contributed by atoms with E-state index in [1.165, 1.54) is 12.7 Å². The number of hydrogen-bond donors (Lipinski definition) is 1. The Kier molecular flexibility index (Phi) is 10.2. The molecule has 1 aliphatic rings. The van der Waals surface area contributed by atoms with Gasteiger partial charge in [-0.25, -0.2) is 4.79 Å². The molecule has 7 heteroatoms. The summed E-state index contributed by atoms with van der Waals surface area (Å²) in [5.41, 5.74) is 1.25. The highest BCUT2D eigenvalue weighted by atomic mass is 35.5. The van der Waals surface area contributed by atoms with E-state index < -0.39 is 6.10 Å². The number of nitrogens with one attached hydrogen (secondary N) is 1. The zero-order chi connectivity index (χ0) is 14.4. The summed E-state index contributed by atoms with van der Waals surface area (Å²) < 4.78 is 10.1. The number of methoxy groups -OCH3 is 1. The van der Waals surface area contributed by atoms with Crippen LogP contribution in [0.25, 0.3) is 0 Å². The van der Waals surface area contributed by atoms with E-state index in [0.29, 0.717) is 5.75 Å². The molecular formula is C15H24Cl2N2O3. The highest BCUT2D eigenvalue weighted by Gasteiger charge is 2.15. The Bertz CT molecular complexity index is 437. The fourth-order valence-corrected chi connectivity index (χ4v) is 2.22. The number of piperazine rings is 1. The molecule has 1 saturated heterocycles.